The predicted octanol–water partition coefficient (Wildman–Crippen LogP) is 3.62. The summed E-state index contributed by atoms with van der Waals surface area (Å²) >= 11 is 0. The van der Waals surface area contributed by atoms with Gasteiger partial charge in [-0.2, -0.15) is 0 Å². The molecular weight excluding hydrogens is 614 g/mol. The molecule has 1 aliphatic carbocycles. The topological polar surface area (TPSA) is 139 Å². The van der Waals surface area contributed by atoms with Crippen molar-refractivity contribution in [3.05, 3.63) is 89.1 Å². The quantitative estimate of drug-likeness (QED) is 0.436. The van der Waals surface area contributed by atoms with Crippen LogP contribution in [-0.2, 0) is 46.9 Å². The molecule has 0 bridgehead atoms. The number of carbonyl (C=O) groups excluding carboxylic acids is 4. The molecule has 250 valence electrons. The lowest BCUT2D eigenvalue weighted by Crippen LogP contribution is -2.72. The lowest BCUT2D eigenvalue weighted by atomic mass is 9.79. The van der Waals surface area contributed by atoms with Crippen LogP contribution >= 0.6 is 0 Å². The summed E-state index contributed by atoms with van der Waals surface area (Å²) in [6.07, 6.45) is 2.04. The fourth-order valence-electron chi connectivity index (χ4n) is 7.30. The Morgan fingerprint density at radius 3 is 2.46 bits per heavy atom. The summed E-state index contributed by atoms with van der Waals surface area (Å²) in [6.45, 7) is 5.46. The molecule has 4 aliphatic rings. The molecule has 1 aromatic heterocycles. The van der Waals surface area contributed by atoms with Gasteiger partial charge in [-0.05, 0) is 68.5 Å². The van der Waals surface area contributed by atoms with Crippen LogP contribution in [0.2, 0.25) is 0 Å². The Hall–Kier alpha value is -4.81. The van der Waals surface area contributed by atoms with E-state index in [4.69, 9.17) is 14.2 Å². The Bertz CT molecular complexity index is 1770. The Labute approximate surface area is 278 Å². The van der Waals surface area contributed by atoms with Crippen molar-refractivity contribution in [3.8, 4) is 0 Å². The van der Waals surface area contributed by atoms with Gasteiger partial charge >= 0.3 is 6.09 Å². The third-order valence-electron chi connectivity index (χ3n) is 9.54. The van der Waals surface area contributed by atoms with Crippen LogP contribution in [0, 0.1) is 0 Å². The van der Waals surface area contributed by atoms with Gasteiger partial charge in [-0.1, -0.05) is 42.5 Å². The second kappa shape index (κ2) is 12.0. The van der Waals surface area contributed by atoms with Crippen LogP contribution in [0.1, 0.15) is 49.1 Å². The molecule has 0 radical (unpaired) electrons. The second-order valence-electron chi connectivity index (χ2n) is 13.9. The zero-order valence-corrected chi connectivity index (χ0v) is 27.3. The molecule has 3 aliphatic heterocycles. The van der Waals surface area contributed by atoms with Gasteiger partial charge in [-0.15, -0.1) is 0 Å². The largest absolute Gasteiger partial charge is 0.444 e. The van der Waals surface area contributed by atoms with Gasteiger partial charge in [0.05, 0.1) is 37.9 Å². The summed E-state index contributed by atoms with van der Waals surface area (Å²) in [7, 11) is 0. The number of hydrogen-bond acceptors (Lipinski definition) is 8. The number of anilines is 2. The van der Waals surface area contributed by atoms with Gasteiger partial charge < -0.3 is 29.7 Å². The number of fused-ring (bicyclic) bond motifs is 3. The Morgan fingerprint density at radius 2 is 1.73 bits per heavy atom. The highest BCUT2D eigenvalue weighted by molar-refractivity contribution is 6.06. The zero-order valence-electron chi connectivity index (χ0n) is 27.3. The van der Waals surface area contributed by atoms with Crippen molar-refractivity contribution < 1.29 is 33.4 Å². The standard InChI is InChI=1S/C36H39N5O7/c1-34(2,3)48-33(45)41-19-28(23-8-5-4-6-9-23)40(32(44)36(41)21-46-14-15-47-22-36)20-29(42)38-26-12-11-24-17-35(18-25(24)16-26)27-10-7-13-37-30(27)39-31(35)43/h4-13,16,28H,14-15,17-22H2,1-3H3,(H,38,42)(H,37,39,43)/t28-,35+/m0/s1. The first-order valence-corrected chi connectivity index (χ1v) is 16.2. The van der Waals surface area contributed by atoms with Gasteiger partial charge in [0.15, 0.2) is 5.54 Å². The van der Waals surface area contributed by atoms with E-state index in [2.05, 4.69) is 15.6 Å². The van der Waals surface area contributed by atoms with Crippen molar-refractivity contribution in [1.29, 1.82) is 0 Å². The summed E-state index contributed by atoms with van der Waals surface area (Å²) in [4.78, 5) is 62.5. The number of amides is 4. The summed E-state index contributed by atoms with van der Waals surface area (Å²) in [5, 5.41) is 5.90. The van der Waals surface area contributed by atoms with Crippen LogP contribution < -0.4 is 10.6 Å². The van der Waals surface area contributed by atoms with Crippen LogP contribution in [0.15, 0.2) is 66.9 Å². The number of piperazine rings is 1. The van der Waals surface area contributed by atoms with E-state index < -0.39 is 40.5 Å². The van der Waals surface area contributed by atoms with E-state index >= 15 is 0 Å². The maximum atomic E-state index is 14.6. The monoisotopic (exact) mass is 653 g/mol. The number of benzene rings is 2. The number of carbonyl (C=O) groups is 4. The molecule has 3 aromatic rings. The molecule has 48 heavy (non-hydrogen) atoms. The minimum Gasteiger partial charge on any atom is -0.444 e. The third kappa shape index (κ3) is 5.58. The van der Waals surface area contributed by atoms with Gasteiger partial charge in [-0.25, -0.2) is 9.78 Å². The first-order valence-electron chi connectivity index (χ1n) is 16.2. The number of pyridine rings is 1. The fraction of sp³-hybridized carbons (Fsp3) is 0.417. The molecule has 2 atom stereocenters. The summed E-state index contributed by atoms with van der Waals surface area (Å²) < 4.78 is 17.4. The average molecular weight is 654 g/mol. The molecule has 4 heterocycles. The van der Waals surface area contributed by atoms with E-state index in [1.54, 1.807) is 27.0 Å². The molecule has 2 N–H and O–H groups in total. The molecular formula is C36H39N5O7. The van der Waals surface area contributed by atoms with Crippen molar-refractivity contribution in [2.75, 3.05) is 50.2 Å². The maximum absolute atomic E-state index is 14.6. The maximum Gasteiger partial charge on any atom is 0.411 e. The minimum absolute atomic E-state index is 0.0734. The third-order valence-corrected chi connectivity index (χ3v) is 9.54. The van der Waals surface area contributed by atoms with E-state index in [0.29, 0.717) is 24.3 Å². The molecule has 2 spiro atoms. The van der Waals surface area contributed by atoms with E-state index in [9.17, 15) is 19.2 Å². The Morgan fingerprint density at radius 1 is 1.00 bits per heavy atom. The minimum atomic E-state index is -1.51. The number of ether oxygens (including phenoxy) is 3. The van der Waals surface area contributed by atoms with Crippen LogP contribution in [0.5, 0.6) is 0 Å². The number of nitrogens with zero attached hydrogens (tertiary/aromatic N) is 3. The van der Waals surface area contributed by atoms with Crippen LogP contribution in [0.25, 0.3) is 0 Å². The van der Waals surface area contributed by atoms with Crippen LogP contribution in [0.4, 0.5) is 16.3 Å². The number of aromatic nitrogens is 1. The molecule has 4 amide bonds. The summed E-state index contributed by atoms with van der Waals surface area (Å²) in [5.74, 6) is -0.341. The lowest BCUT2D eigenvalue weighted by Gasteiger charge is -2.51. The van der Waals surface area contributed by atoms with Crippen molar-refractivity contribution in [2.45, 2.75) is 56.2 Å². The predicted molar refractivity (Wildman–Crippen MR) is 175 cm³/mol. The lowest BCUT2D eigenvalue weighted by molar-refractivity contribution is -0.165. The van der Waals surface area contributed by atoms with E-state index in [0.717, 1.165) is 22.3 Å². The second-order valence-corrected chi connectivity index (χ2v) is 13.9. The number of nitrogens with one attached hydrogen (secondary N) is 2. The van der Waals surface area contributed by atoms with Crippen LogP contribution in [-0.4, -0.2) is 89.3 Å². The van der Waals surface area contributed by atoms with Crippen molar-refractivity contribution in [3.63, 3.8) is 0 Å². The van der Waals surface area contributed by atoms with E-state index in [-0.39, 0.29) is 45.4 Å². The molecule has 2 fully saturated rings. The SMILES string of the molecule is CC(C)(C)OC(=O)N1C[C@@H](c2ccccc2)N(CC(=O)Nc2ccc3c(c2)C[C@@]2(C3)C(=O)Nc3ncccc32)C(=O)C12COCCOC2. The van der Waals surface area contributed by atoms with Gasteiger partial charge in [0, 0.05) is 24.0 Å². The first kappa shape index (κ1) is 31.8. The molecule has 7 rings (SSSR count). The first-order chi connectivity index (χ1) is 23.0. The molecule has 0 unspecified atom stereocenters. The Balaban J connectivity index is 1.15. The Kier molecular flexibility index (Phi) is 7.95. The normalized spacial score (nSPS) is 23.0. The zero-order chi connectivity index (χ0) is 33.7. The molecule has 12 heteroatoms. The van der Waals surface area contributed by atoms with Crippen molar-refractivity contribution >= 4 is 35.3 Å². The van der Waals surface area contributed by atoms with Crippen LogP contribution in [0.3, 0.4) is 0 Å². The average Bonchev–Trinajstić information content (AvgIpc) is 3.44. The highest BCUT2D eigenvalue weighted by Gasteiger charge is 2.57. The number of rotatable bonds is 4. The van der Waals surface area contributed by atoms with Gasteiger partial charge in [-0.3, -0.25) is 19.3 Å². The summed E-state index contributed by atoms with van der Waals surface area (Å²) in [6, 6.07) is 18.1. The number of hydrogen-bond donors (Lipinski definition) is 2. The van der Waals surface area contributed by atoms with E-state index in [1.165, 1.54) is 9.80 Å². The van der Waals surface area contributed by atoms with Crippen molar-refractivity contribution in [2.24, 2.45) is 0 Å². The molecule has 2 saturated heterocycles. The highest BCUT2D eigenvalue weighted by atomic mass is 16.6. The highest BCUT2D eigenvalue weighted by Crippen LogP contribution is 2.47. The smallest absolute Gasteiger partial charge is 0.411 e. The fourth-order valence-corrected chi connectivity index (χ4v) is 7.30. The molecule has 2 aromatic carbocycles. The van der Waals surface area contributed by atoms with E-state index in [1.807, 2.05) is 60.7 Å². The molecule has 12 nitrogen and oxygen atoms in total. The van der Waals surface area contributed by atoms with Crippen molar-refractivity contribution in [1.82, 2.24) is 14.8 Å². The van der Waals surface area contributed by atoms with Gasteiger partial charge in [0.2, 0.25) is 11.8 Å². The van der Waals surface area contributed by atoms with Gasteiger partial charge in [0.25, 0.3) is 5.91 Å². The summed E-state index contributed by atoms with van der Waals surface area (Å²) in [5.41, 5.74) is 1.17. The van der Waals surface area contributed by atoms with Gasteiger partial charge in [0.1, 0.15) is 18.0 Å². The molecule has 0 saturated carbocycles.